The Balaban J connectivity index is 2.32. The Morgan fingerprint density at radius 2 is 2.14 bits per heavy atom. The van der Waals surface area contributed by atoms with Gasteiger partial charge in [-0.1, -0.05) is 24.6 Å². The minimum Gasteiger partial charge on any atom is -0.496 e. The third kappa shape index (κ3) is 3.64. The molecule has 0 bridgehead atoms. The lowest BCUT2D eigenvalue weighted by Gasteiger charge is -2.21. The van der Waals surface area contributed by atoms with Crippen molar-refractivity contribution in [2.24, 2.45) is 0 Å². The summed E-state index contributed by atoms with van der Waals surface area (Å²) in [6.45, 7) is 8.23. The molecule has 4 nitrogen and oxygen atoms in total. The number of hydrogen-bond donors (Lipinski definition) is 1. The summed E-state index contributed by atoms with van der Waals surface area (Å²) in [5.41, 5.74) is 2.44. The van der Waals surface area contributed by atoms with E-state index in [0.717, 1.165) is 31.1 Å². The van der Waals surface area contributed by atoms with Gasteiger partial charge in [0.25, 0.3) is 0 Å². The number of rotatable bonds is 7. The van der Waals surface area contributed by atoms with E-state index in [4.69, 9.17) is 4.74 Å². The average molecular weight is 287 g/mol. The number of benzene rings is 1. The number of likely N-dealkylation sites (N-methyl/N-ethyl adjacent to an activating group) is 1. The Morgan fingerprint density at radius 3 is 2.81 bits per heavy atom. The third-order valence-electron chi connectivity index (χ3n) is 3.74. The van der Waals surface area contributed by atoms with Crippen LogP contribution in [-0.2, 0) is 13.0 Å². The van der Waals surface area contributed by atoms with Gasteiger partial charge in [-0.25, -0.2) is 4.98 Å². The SMILES string of the molecule is CCNC(Cc1nccn1CC)c1cc(C)ccc1OC. The minimum atomic E-state index is 0.206. The van der Waals surface area contributed by atoms with Crippen LogP contribution in [-0.4, -0.2) is 23.2 Å². The largest absolute Gasteiger partial charge is 0.496 e. The Morgan fingerprint density at radius 1 is 1.33 bits per heavy atom. The highest BCUT2D eigenvalue weighted by molar-refractivity contribution is 5.39. The predicted octanol–water partition coefficient (Wildman–Crippen LogP) is 3.11. The smallest absolute Gasteiger partial charge is 0.123 e. The van der Waals surface area contributed by atoms with Gasteiger partial charge >= 0.3 is 0 Å². The number of ether oxygens (including phenoxy) is 1. The topological polar surface area (TPSA) is 39.1 Å². The number of imidazole rings is 1. The molecule has 1 atom stereocenters. The fourth-order valence-electron chi connectivity index (χ4n) is 2.67. The Labute approximate surface area is 127 Å². The number of hydrogen-bond acceptors (Lipinski definition) is 3. The van der Waals surface area contributed by atoms with Gasteiger partial charge in [0.1, 0.15) is 11.6 Å². The van der Waals surface area contributed by atoms with E-state index in [0.29, 0.717) is 0 Å². The molecule has 2 aromatic rings. The van der Waals surface area contributed by atoms with Crippen molar-refractivity contribution < 1.29 is 4.74 Å². The molecule has 114 valence electrons. The molecule has 1 aromatic carbocycles. The molecule has 1 aromatic heterocycles. The zero-order valence-electron chi connectivity index (χ0n) is 13.4. The quantitative estimate of drug-likeness (QED) is 0.850. The van der Waals surface area contributed by atoms with E-state index < -0.39 is 0 Å². The van der Waals surface area contributed by atoms with Gasteiger partial charge in [0.05, 0.1) is 7.11 Å². The first kappa shape index (κ1) is 15.6. The molecule has 4 heteroatoms. The first-order valence-electron chi connectivity index (χ1n) is 7.57. The van der Waals surface area contributed by atoms with Gasteiger partial charge < -0.3 is 14.6 Å². The van der Waals surface area contributed by atoms with Gasteiger partial charge in [-0.15, -0.1) is 0 Å². The lowest BCUT2D eigenvalue weighted by atomic mass is 10.00. The highest BCUT2D eigenvalue weighted by Gasteiger charge is 2.18. The van der Waals surface area contributed by atoms with E-state index in [1.165, 1.54) is 11.1 Å². The number of aryl methyl sites for hydroxylation is 2. The van der Waals surface area contributed by atoms with E-state index >= 15 is 0 Å². The summed E-state index contributed by atoms with van der Waals surface area (Å²) < 4.78 is 7.72. The van der Waals surface area contributed by atoms with Crippen molar-refractivity contribution in [2.75, 3.05) is 13.7 Å². The molecule has 0 saturated carbocycles. The molecule has 1 heterocycles. The van der Waals surface area contributed by atoms with Crippen LogP contribution in [0.2, 0.25) is 0 Å². The van der Waals surface area contributed by atoms with Crippen molar-refractivity contribution in [1.82, 2.24) is 14.9 Å². The van der Waals surface area contributed by atoms with Gasteiger partial charge in [-0.3, -0.25) is 0 Å². The molecular formula is C17H25N3O. The number of aromatic nitrogens is 2. The fourth-order valence-corrected chi connectivity index (χ4v) is 2.67. The molecule has 0 aliphatic heterocycles. The molecule has 0 fully saturated rings. The summed E-state index contributed by atoms with van der Waals surface area (Å²) >= 11 is 0. The van der Waals surface area contributed by atoms with Crippen molar-refractivity contribution in [1.29, 1.82) is 0 Å². The third-order valence-corrected chi connectivity index (χ3v) is 3.74. The lowest BCUT2D eigenvalue weighted by Crippen LogP contribution is -2.25. The standard InChI is InChI=1S/C17H25N3O/c1-5-18-15(12-17-19-9-10-20(17)6-2)14-11-13(3)7-8-16(14)21-4/h7-11,15,18H,5-6,12H2,1-4H3. The number of methoxy groups -OCH3 is 1. The van der Waals surface area contributed by atoms with Gasteiger partial charge in [-0.2, -0.15) is 0 Å². The summed E-state index contributed by atoms with van der Waals surface area (Å²) in [7, 11) is 1.73. The molecule has 0 radical (unpaired) electrons. The van der Waals surface area contributed by atoms with E-state index in [1.54, 1.807) is 7.11 Å². The van der Waals surface area contributed by atoms with Crippen molar-refractivity contribution in [2.45, 2.75) is 39.8 Å². The van der Waals surface area contributed by atoms with Crippen molar-refractivity contribution in [3.8, 4) is 5.75 Å². The number of nitrogens with one attached hydrogen (secondary N) is 1. The zero-order chi connectivity index (χ0) is 15.2. The molecule has 2 rings (SSSR count). The highest BCUT2D eigenvalue weighted by Crippen LogP contribution is 2.28. The van der Waals surface area contributed by atoms with Crippen LogP contribution in [0.1, 0.15) is 36.8 Å². The van der Waals surface area contributed by atoms with Crippen LogP contribution in [0.5, 0.6) is 5.75 Å². The zero-order valence-corrected chi connectivity index (χ0v) is 13.4. The van der Waals surface area contributed by atoms with Gasteiger partial charge in [-0.05, 0) is 26.5 Å². The summed E-state index contributed by atoms with van der Waals surface area (Å²) in [5, 5.41) is 3.56. The molecule has 0 amide bonds. The second kappa shape index (κ2) is 7.27. The van der Waals surface area contributed by atoms with E-state index in [1.807, 2.05) is 18.5 Å². The number of nitrogens with zero attached hydrogens (tertiary/aromatic N) is 2. The van der Waals surface area contributed by atoms with Gasteiger partial charge in [0.2, 0.25) is 0 Å². The van der Waals surface area contributed by atoms with Crippen LogP contribution >= 0.6 is 0 Å². The molecule has 1 N–H and O–H groups in total. The predicted molar refractivity (Wildman–Crippen MR) is 85.8 cm³/mol. The monoisotopic (exact) mass is 287 g/mol. The maximum Gasteiger partial charge on any atom is 0.123 e. The lowest BCUT2D eigenvalue weighted by molar-refractivity contribution is 0.397. The van der Waals surface area contributed by atoms with Crippen LogP contribution in [0.3, 0.4) is 0 Å². The molecule has 0 aliphatic rings. The summed E-state index contributed by atoms with van der Waals surface area (Å²) in [6.07, 6.45) is 4.76. The van der Waals surface area contributed by atoms with Crippen molar-refractivity contribution >= 4 is 0 Å². The van der Waals surface area contributed by atoms with Crippen LogP contribution in [0, 0.1) is 6.92 Å². The second-order valence-electron chi connectivity index (χ2n) is 5.19. The van der Waals surface area contributed by atoms with E-state index in [9.17, 15) is 0 Å². The molecular weight excluding hydrogens is 262 g/mol. The molecule has 0 spiro atoms. The maximum atomic E-state index is 5.54. The Bertz CT molecular complexity index is 577. The van der Waals surface area contributed by atoms with Crippen molar-refractivity contribution in [3.63, 3.8) is 0 Å². The summed E-state index contributed by atoms with van der Waals surface area (Å²) in [5.74, 6) is 2.04. The summed E-state index contributed by atoms with van der Waals surface area (Å²) in [4.78, 5) is 4.49. The van der Waals surface area contributed by atoms with Crippen LogP contribution < -0.4 is 10.1 Å². The minimum absolute atomic E-state index is 0.206. The van der Waals surface area contributed by atoms with Gasteiger partial charge in [0.15, 0.2) is 0 Å². The molecule has 1 unspecified atom stereocenters. The molecule has 21 heavy (non-hydrogen) atoms. The second-order valence-corrected chi connectivity index (χ2v) is 5.19. The first-order chi connectivity index (χ1) is 10.2. The molecule has 0 aliphatic carbocycles. The molecule has 0 saturated heterocycles. The summed E-state index contributed by atoms with van der Waals surface area (Å²) in [6, 6.07) is 6.53. The normalized spacial score (nSPS) is 12.4. The maximum absolute atomic E-state index is 5.54. The average Bonchev–Trinajstić information content (AvgIpc) is 2.94. The fraction of sp³-hybridized carbons (Fsp3) is 0.471. The first-order valence-corrected chi connectivity index (χ1v) is 7.57. The highest BCUT2D eigenvalue weighted by atomic mass is 16.5. The Kier molecular flexibility index (Phi) is 5.39. The van der Waals surface area contributed by atoms with Gasteiger partial charge in [0, 0.05) is 37.0 Å². The van der Waals surface area contributed by atoms with Crippen LogP contribution in [0.15, 0.2) is 30.6 Å². The van der Waals surface area contributed by atoms with E-state index in [2.05, 4.69) is 47.8 Å². The van der Waals surface area contributed by atoms with Crippen LogP contribution in [0.4, 0.5) is 0 Å². The van der Waals surface area contributed by atoms with E-state index in [-0.39, 0.29) is 6.04 Å². The van der Waals surface area contributed by atoms with Crippen LogP contribution in [0.25, 0.3) is 0 Å². The Hall–Kier alpha value is -1.81. The van der Waals surface area contributed by atoms with Crippen molar-refractivity contribution in [3.05, 3.63) is 47.5 Å².